The third-order valence-corrected chi connectivity index (χ3v) is 2.06. The summed E-state index contributed by atoms with van der Waals surface area (Å²) >= 11 is 3.24. The van der Waals surface area contributed by atoms with Gasteiger partial charge in [-0.2, -0.15) is 0 Å². The van der Waals surface area contributed by atoms with Crippen molar-refractivity contribution in [2.45, 2.75) is 12.5 Å². The third kappa shape index (κ3) is 2.17. The molecule has 0 aromatic carbocycles. The van der Waals surface area contributed by atoms with Crippen molar-refractivity contribution in [3.63, 3.8) is 0 Å². The Labute approximate surface area is 73.0 Å². The van der Waals surface area contributed by atoms with Gasteiger partial charge >= 0.3 is 0 Å². The highest BCUT2D eigenvalue weighted by molar-refractivity contribution is 9.11. The maximum atomic E-state index is 9.97. The summed E-state index contributed by atoms with van der Waals surface area (Å²) in [5.41, 5.74) is 5.58. The Balaban J connectivity index is 2.72. The van der Waals surface area contributed by atoms with Gasteiger partial charge in [0.25, 0.3) is 6.47 Å². The lowest BCUT2D eigenvalue weighted by atomic mass is 10.1. The third-order valence-electron chi connectivity index (χ3n) is 1.35. The van der Waals surface area contributed by atoms with E-state index >= 15 is 0 Å². The number of carbonyl (C=O) groups excluding carboxylic acids is 1. The number of carbonyl (C=O) groups is 1. The zero-order valence-corrected chi connectivity index (χ0v) is 7.37. The number of hydrogen-bond acceptors (Lipinski definition) is 3. The molecule has 0 aliphatic heterocycles. The second-order valence-corrected chi connectivity index (χ2v) is 3.05. The average Bonchev–Trinajstić information content (AvgIpc) is 1.98. The Morgan fingerprint density at radius 3 is 3.18 bits per heavy atom. The van der Waals surface area contributed by atoms with Crippen LogP contribution in [-0.2, 0) is 9.53 Å². The first kappa shape index (κ1) is 8.49. The number of allylic oxidation sites excluding steroid dienone is 1. The standard InChI is InChI=1S/C7H8BrNO2/c8-6-2-1-5(9)3-7(6)11-4-10/h2-5H,1,9H2. The van der Waals surface area contributed by atoms with Crippen molar-refractivity contribution >= 4 is 22.4 Å². The minimum atomic E-state index is -0.0498. The molecule has 1 aliphatic carbocycles. The largest absolute Gasteiger partial charge is 0.428 e. The van der Waals surface area contributed by atoms with E-state index in [-0.39, 0.29) is 6.04 Å². The van der Waals surface area contributed by atoms with Crippen LogP contribution in [0.4, 0.5) is 0 Å². The predicted molar refractivity (Wildman–Crippen MR) is 44.8 cm³/mol. The first-order valence-corrected chi connectivity index (χ1v) is 3.97. The van der Waals surface area contributed by atoms with Crippen LogP contribution in [0.1, 0.15) is 6.42 Å². The summed E-state index contributed by atoms with van der Waals surface area (Å²) in [6, 6.07) is -0.0498. The second kappa shape index (κ2) is 3.69. The fourth-order valence-electron chi connectivity index (χ4n) is 0.830. The van der Waals surface area contributed by atoms with Gasteiger partial charge in [-0.05, 0) is 28.4 Å². The van der Waals surface area contributed by atoms with Crippen molar-refractivity contribution in [3.8, 4) is 0 Å². The van der Waals surface area contributed by atoms with Gasteiger partial charge in [-0.15, -0.1) is 0 Å². The van der Waals surface area contributed by atoms with Gasteiger partial charge in [-0.1, -0.05) is 6.08 Å². The summed E-state index contributed by atoms with van der Waals surface area (Å²) in [6.07, 6.45) is 4.36. The lowest BCUT2D eigenvalue weighted by molar-refractivity contribution is -0.124. The van der Waals surface area contributed by atoms with Crippen LogP contribution in [0.25, 0.3) is 0 Å². The molecule has 1 aliphatic rings. The smallest absolute Gasteiger partial charge is 0.298 e. The molecular weight excluding hydrogens is 210 g/mol. The number of rotatable bonds is 2. The molecule has 11 heavy (non-hydrogen) atoms. The van der Waals surface area contributed by atoms with Gasteiger partial charge in [-0.3, -0.25) is 4.79 Å². The number of ether oxygens (including phenoxy) is 1. The Bertz CT molecular complexity index is 222. The van der Waals surface area contributed by atoms with Gasteiger partial charge in [-0.25, -0.2) is 0 Å². The highest BCUT2D eigenvalue weighted by Crippen LogP contribution is 2.23. The van der Waals surface area contributed by atoms with Gasteiger partial charge in [0.05, 0.1) is 4.48 Å². The number of hydrogen-bond donors (Lipinski definition) is 1. The van der Waals surface area contributed by atoms with Crippen molar-refractivity contribution in [2.24, 2.45) is 5.73 Å². The van der Waals surface area contributed by atoms with Crippen LogP contribution in [0.2, 0.25) is 0 Å². The van der Waals surface area contributed by atoms with Crippen LogP contribution < -0.4 is 5.73 Å². The molecule has 0 saturated carbocycles. The van der Waals surface area contributed by atoms with Crippen LogP contribution in [0, 0.1) is 0 Å². The highest BCUT2D eigenvalue weighted by atomic mass is 79.9. The van der Waals surface area contributed by atoms with Crippen LogP contribution in [0.15, 0.2) is 22.4 Å². The molecule has 0 heterocycles. The topological polar surface area (TPSA) is 52.3 Å². The van der Waals surface area contributed by atoms with Crippen molar-refractivity contribution in [2.75, 3.05) is 0 Å². The molecular formula is C7H8BrNO2. The fourth-order valence-corrected chi connectivity index (χ4v) is 1.24. The van der Waals surface area contributed by atoms with Crippen molar-refractivity contribution in [3.05, 3.63) is 22.4 Å². The lowest BCUT2D eigenvalue weighted by Crippen LogP contribution is -2.19. The second-order valence-electron chi connectivity index (χ2n) is 2.20. The van der Waals surface area contributed by atoms with E-state index in [9.17, 15) is 4.79 Å². The molecule has 0 aromatic heterocycles. The van der Waals surface area contributed by atoms with E-state index in [1.807, 2.05) is 6.08 Å². The molecule has 0 fully saturated rings. The van der Waals surface area contributed by atoms with E-state index in [0.717, 1.165) is 10.9 Å². The molecule has 3 nitrogen and oxygen atoms in total. The summed E-state index contributed by atoms with van der Waals surface area (Å²) in [7, 11) is 0. The van der Waals surface area contributed by atoms with E-state index in [1.165, 1.54) is 0 Å². The Kier molecular flexibility index (Phi) is 2.84. The van der Waals surface area contributed by atoms with Gasteiger partial charge in [0, 0.05) is 6.04 Å². The quantitative estimate of drug-likeness (QED) is 0.705. The SMILES string of the molecule is NC1C=C(OC=O)C(Br)=CC1. The zero-order valence-electron chi connectivity index (χ0n) is 5.79. The maximum absolute atomic E-state index is 9.97. The number of halogens is 1. The normalized spacial score (nSPS) is 23.6. The molecule has 0 spiro atoms. The van der Waals surface area contributed by atoms with E-state index in [1.54, 1.807) is 6.08 Å². The van der Waals surface area contributed by atoms with Crippen LogP contribution in [0.5, 0.6) is 0 Å². The first-order chi connectivity index (χ1) is 5.24. The summed E-state index contributed by atoms with van der Waals surface area (Å²) < 4.78 is 5.43. The molecule has 4 heteroatoms. The molecule has 2 N–H and O–H groups in total. The minimum absolute atomic E-state index is 0.0498. The maximum Gasteiger partial charge on any atom is 0.298 e. The zero-order chi connectivity index (χ0) is 8.27. The summed E-state index contributed by atoms with van der Waals surface area (Å²) in [4.78, 5) is 9.97. The molecule has 60 valence electrons. The van der Waals surface area contributed by atoms with Crippen LogP contribution in [0.3, 0.4) is 0 Å². The summed E-state index contributed by atoms with van der Waals surface area (Å²) in [5, 5.41) is 0. The first-order valence-electron chi connectivity index (χ1n) is 3.18. The monoisotopic (exact) mass is 217 g/mol. The summed E-state index contributed by atoms with van der Waals surface area (Å²) in [5.74, 6) is 0.499. The highest BCUT2D eigenvalue weighted by Gasteiger charge is 2.11. The van der Waals surface area contributed by atoms with Crippen LogP contribution in [-0.4, -0.2) is 12.5 Å². The minimum Gasteiger partial charge on any atom is -0.428 e. The van der Waals surface area contributed by atoms with Gasteiger partial charge in [0.1, 0.15) is 5.76 Å². The van der Waals surface area contributed by atoms with E-state index in [0.29, 0.717) is 12.2 Å². The predicted octanol–water partition coefficient (Wildman–Crippen LogP) is 1.05. The van der Waals surface area contributed by atoms with E-state index < -0.39 is 0 Å². The van der Waals surface area contributed by atoms with Gasteiger partial charge in [0.2, 0.25) is 0 Å². The van der Waals surface area contributed by atoms with E-state index in [2.05, 4.69) is 20.7 Å². The van der Waals surface area contributed by atoms with Gasteiger partial charge in [0.15, 0.2) is 0 Å². The van der Waals surface area contributed by atoms with Crippen LogP contribution >= 0.6 is 15.9 Å². The Morgan fingerprint density at radius 2 is 2.55 bits per heavy atom. The molecule has 0 radical (unpaired) electrons. The Morgan fingerprint density at radius 1 is 1.82 bits per heavy atom. The van der Waals surface area contributed by atoms with E-state index in [4.69, 9.17) is 5.73 Å². The van der Waals surface area contributed by atoms with Crippen molar-refractivity contribution in [1.29, 1.82) is 0 Å². The summed E-state index contributed by atoms with van der Waals surface area (Å²) in [6.45, 7) is 0.388. The Hall–Kier alpha value is -0.610. The fraction of sp³-hybridized carbons (Fsp3) is 0.286. The van der Waals surface area contributed by atoms with Crippen molar-refractivity contribution in [1.82, 2.24) is 0 Å². The average molecular weight is 218 g/mol. The molecule has 1 unspecified atom stereocenters. The molecule has 0 amide bonds. The number of nitrogens with two attached hydrogens (primary N) is 1. The van der Waals surface area contributed by atoms with Gasteiger partial charge < -0.3 is 10.5 Å². The molecule has 0 saturated heterocycles. The molecule has 0 bridgehead atoms. The molecule has 1 rings (SSSR count). The molecule has 0 aromatic rings. The molecule has 1 atom stereocenters. The van der Waals surface area contributed by atoms with Crippen molar-refractivity contribution < 1.29 is 9.53 Å². The lowest BCUT2D eigenvalue weighted by Gasteiger charge is -2.12.